The summed E-state index contributed by atoms with van der Waals surface area (Å²) in [6.07, 6.45) is -1.59. The first-order chi connectivity index (χ1) is 37.8. The maximum absolute atomic E-state index is 15.0. The van der Waals surface area contributed by atoms with Crippen LogP contribution in [0.1, 0.15) is 53.2 Å². The number of carboxylic acid groups (broad SMARTS) is 1. The van der Waals surface area contributed by atoms with Gasteiger partial charge in [-0.2, -0.15) is 25.3 Å². The van der Waals surface area contributed by atoms with E-state index in [1.165, 1.54) is 26.1 Å². The Morgan fingerprint density at radius 3 is 1.59 bits per heavy atom. The highest BCUT2D eigenvalue weighted by atomic mass is 32.1. The standard InChI is InChI=1S/C55H69N11O11S2/c1-32(67)45(52(73)61-41(26-33-16-6-3-7-17-33)49(70)63-44(31-79)55(76)77)64-48(69)40(24-14-15-25-56)59-50(71)43(28-36-29-58-39-23-13-12-22-37(36)39)62-53(74)46(66(2)54(75)35-20-10-5-11-21-35)65-51(72)42(60-47(68)38(57)30-78)27-34-18-8-4-9-19-34/h3-13,16-23,29,32,38,40-46,58,67,78-79H,14-15,24-28,30-31,56-57H2,1-2H3,(H,59,71)(H,60,68)(H,61,73)(H,62,74)(H,63,70)(H,64,69)(H,65,72)(H,76,77)/t32-,38-,40+,41+,42+,43-,44+,45+,46-/m1/s1. The number of carbonyl (C=O) groups is 9. The summed E-state index contributed by atoms with van der Waals surface area (Å²) in [4.78, 5) is 130. The number of aromatic amines is 1. The number of aliphatic carboxylic acids is 1. The quantitative estimate of drug-likeness (QED) is 0.0165. The number of carboxylic acids is 1. The third-order valence-electron chi connectivity index (χ3n) is 12.8. The van der Waals surface area contributed by atoms with Crippen molar-refractivity contribution in [2.24, 2.45) is 11.5 Å². The number of nitrogens with zero attached hydrogens (tertiary/aromatic N) is 1. The number of benzene rings is 4. The van der Waals surface area contributed by atoms with Crippen LogP contribution < -0.4 is 48.7 Å². The van der Waals surface area contributed by atoms with Gasteiger partial charge in [-0.1, -0.05) is 97.1 Å². The van der Waals surface area contributed by atoms with Crippen LogP contribution in [0.25, 0.3) is 10.9 Å². The minimum absolute atomic E-state index is 0.0540. The molecule has 79 heavy (non-hydrogen) atoms. The lowest BCUT2D eigenvalue weighted by molar-refractivity contribution is -0.141. The Morgan fingerprint density at radius 2 is 1.05 bits per heavy atom. The zero-order chi connectivity index (χ0) is 57.6. The highest BCUT2D eigenvalue weighted by molar-refractivity contribution is 7.80. The summed E-state index contributed by atoms with van der Waals surface area (Å²) in [5, 5.41) is 39.3. The van der Waals surface area contributed by atoms with Crippen molar-refractivity contribution in [3.63, 3.8) is 0 Å². The molecule has 0 unspecified atom stereocenters. The molecule has 0 aliphatic rings. The van der Waals surface area contributed by atoms with E-state index in [1.54, 1.807) is 109 Å². The van der Waals surface area contributed by atoms with Gasteiger partial charge in [0.05, 0.1) is 12.1 Å². The molecule has 0 aliphatic carbocycles. The van der Waals surface area contributed by atoms with E-state index in [1.807, 2.05) is 0 Å². The summed E-state index contributed by atoms with van der Waals surface area (Å²) in [5.41, 5.74) is 14.4. The molecule has 0 fully saturated rings. The number of hydrogen-bond acceptors (Lipinski definition) is 14. The van der Waals surface area contributed by atoms with E-state index in [9.17, 15) is 53.4 Å². The van der Waals surface area contributed by atoms with E-state index < -0.39 is 108 Å². The summed E-state index contributed by atoms with van der Waals surface area (Å²) < 4.78 is 0. The van der Waals surface area contributed by atoms with Crippen LogP contribution in [-0.2, 0) is 57.6 Å². The molecule has 14 N–H and O–H groups in total. The highest BCUT2D eigenvalue weighted by Gasteiger charge is 2.38. The molecule has 5 aromatic rings. The third kappa shape index (κ3) is 18.4. The predicted molar refractivity (Wildman–Crippen MR) is 302 cm³/mol. The molecule has 1 heterocycles. The minimum atomic E-state index is -1.85. The Balaban J connectivity index is 1.48. The molecule has 22 nitrogen and oxygen atoms in total. The van der Waals surface area contributed by atoms with Gasteiger partial charge in [-0.15, -0.1) is 0 Å². The zero-order valence-corrected chi connectivity index (χ0v) is 45.5. The van der Waals surface area contributed by atoms with Crippen LogP contribution in [0.3, 0.4) is 0 Å². The van der Waals surface area contributed by atoms with Crippen LogP contribution in [0.5, 0.6) is 0 Å². The first-order valence-corrected chi connectivity index (χ1v) is 26.8. The average molecular weight is 1120 g/mol. The SMILES string of the molecule is C[C@@H](O)[C@H](NC(=O)[C@H](CCCCN)NC(=O)[C@@H](Cc1c[nH]c2ccccc12)NC(=O)[C@H](NC(=O)[C@H](Cc1ccccc1)NC(=O)[C@H](N)CS)N(C)C(=O)c1ccccc1)C(=O)N[C@@H](Cc1ccccc1)C(=O)N[C@@H](CS)C(=O)O. The minimum Gasteiger partial charge on any atom is -0.480 e. The fourth-order valence-electron chi connectivity index (χ4n) is 8.35. The summed E-state index contributed by atoms with van der Waals surface area (Å²) in [6, 6.07) is 22.3. The van der Waals surface area contributed by atoms with Crippen molar-refractivity contribution in [1.29, 1.82) is 0 Å². The molecule has 24 heteroatoms. The van der Waals surface area contributed by atoms with Crippen LogP contribution in [0.2, 0.25) is 0 Å². The number of aromatic nitrogens is 1. The molecule has 8 amide bonds. The van der Waals surface area contributed by atoms with Gasteiger partial charge in [0.2, 0.25) is 35.4 Å². The van der Waals surface area contributed by atoms with Gasteiger partial charge in [0.15, 0.2) is 6.17 Å². The first kappa shape index (κ1) is 62.1. The predicted octanol–water partition coefficient (Wildman–Crippen LogP) is 0.100. The van der Waals surface area contributed by atoms with Gasteiger partial charge in [0.1, 0.15) is 36.3 Å². The molecule has 5 rings (SSSR count). The molecular weight excluding hydrogens is 1050 g/mol. The number of rotatable bonds is 30. The number of nitrogens with two attached hydrogens (primary N) is 2. The van der Waals surface area contributed by atoms with Crippen LogP contribution in [-0.4, -0.2) is 153 Å². The van der Waals surface area contributed by atoms with E-state index in [4.69, 9.17) is 11.5 Å². The summed E-state index contributed by atoms with van der Waals surface area (Å²) in [5.74, 6) is -8.82. The summed E-state index contributed by atoms with van der Waals surface area (Å²) >= 11 is 8.14. The smallest absolute Gasteiger partial charge is 0.327 e. The van der Waals surface area contributed by atoms with E-state index in [0.717, 1.165) is 4.90 Å². The molecule has 0 radical (unpaired) electrons. The number of nitrogens with one attached hydrogen (secondary N) is 8. The van der Waals surface area contributed by atoms with Crippen molar-refractivity contribution in [2.45, 2.75) is 100 Å². The lowest BCUT2D eigenvalue weighted by Crippen LogP contribution is -2.64. The summed E-state index contributed by atoms with van der Waals surface area (Å²) in [7, 11) is 1.27. The van der Waals surface area contributed by atoms with Gasteiger partial charge in [0, 0.05) is 60.5 Å². The van der Waals surface area contributed by atoms with Crippen LogP contribution in [0.4, 0.5) is 0 Å². The third-order valence-corrected chi connectivity index (χ3v) is 13.6. The Hall–Kier alpha value is -7.77. The van der Waals surface area contributed by atoms with Gasteiger partial charge < -0.3 is 68.8 Å². The zero-order valence-electron chi connectivity index (χ0n) is 43.7. The van der Waals surface area contributed by atoms with Gasteiger partial charge in [-0.25, -0.2) is 4.79 Å². The van der Waals surface area contributed by atoms with Crippen molar-refractivity contribution >= 4 is 89.4 Å². The Kier molecular flexibility index (Phi) is 24.3. The second-order valence-corrected chi connectivity index (χ2v) is 19.5. The lowest BCUT2D eigenvalue weighted by atomic mass is 10.0. The maximum Gasteiger partial charge on any atom is 0.327 e. The van der Waals surface area contributed by atoms with Crippen molar-refractivity contribution in [2.75, 3.05) is 25.1 Å². The van der Waals surface area contributed by atoms with Gasteiger partial charge >= 0.3 is 5.97 Å². The van der Waals surface area contributed by atoms with E-state index in [2.05, 4.69) is 67.5 Å². The number of aliphatic hydroxyl groups is 1. The molecule has 1 aromatic heterocycles. The Morgan fingerprint density at radius 1 is 0.570 bits per heavy atom. The van der Waals surface area contributed by atoms with Gasteiger partial charge in [0.25, 0.3) is 11.8 Å². The highest BCUT2D eigenvalue weighted by Crippen LogP contribution is 2.20. The Labute approximate surface area is 468 Å². The molecule has 0 saturated carbocycles. The van der Waals surface area contributed by atoms with Crippen LogP contribution in [0.15, 0.2) is 121 Å². The number of carbonyl (C=O) groups excluding carboxylic acids is 8. The average Bonchev–Trinajstić information content (AvgIpc) is 3.87. The van der Waals surface area contributed by atoms with E-state index >= 15 is 0 Å². The number of para-hydroxylation sites is 1. The fourth-order valence-corrected chi connectivity index (χ4v) is 8.76. The summed E-state index contributed by atoms with van der Waals surface area (Å²) in [6.45, 7) is 1.43. The van der Waals surface area contributed by atoms with Gasteiger partial charge in [-0.3, -0.25) is 38.4 Å². The number of hydrogen-bond donors (Lipinski definition) is 14. The number of amides is 8. The number of likely N-dealkylation sites (N-methyl/N-ethyl adjacent to an activating group) is 1. The second kappa shape index (κ2) is 31.0. The number of unbranched alkanes of at least 4 members (excludes halogenated alkanes) is 1. The number of fused-ring (bicyclic) bond motifs is 1. The lowest BCUT2D eigenvalue weighted by Gasteiger charge is -2.32. The van der Waals surface area contributed by atoms with Crippen molar-refractivity contribution in [1.82, 2.24) is 47.1 Å². The molecule has 0 aliphatic heterocycles. The first-order valence-electron chi connectivity index (χ1n) is 25.5. The van der Waals surface area contributed by atoms with Crippen molar-refractivity contribution < 1.29 is 53.4 Å². The largest absolute Gasteiger partial charge is 0.480 e. The molecule has 422 valence electrons. The monoisotopic (exact) mass is 1120 g/mol. The van der Waals surface area contributed by atoms with E-state index in [-0.39, 0.29) is 55.7 Å². The second-order valence-electron chi connectivity index (χ2n) is 18.8. The maximum atomic E-state index is 15.0. The molecule has 9 atom stereocenters. The molecule has 0 bridgehead atoms. The molecule has 0 saturated heterocycles. The molecule has 0 spiro atoms. The van der Waals surface area contributed by atoms with Crippen LogP contribution >= 0.6 is 25.3 Å². The Bertz CT molecular complexity index is 2860. The normalized spacial score (nSPS) is 14.5. The van der Waals surface area contributed by atoms with Crippen LogP contribution in [0, 0.1) is 0 Å². The van der Waals surface area contributed by atoms with E-state index in [0.29, 0.717) is 34.0 Å². The molecular formula is C55H69N11O11S2. The number of thiol groups is 2. The molecule has 4 aromatic carbocycles. The number of H-pyrrole nitrogens is 1. The van der Waals surface area contributed by atoms with Gasteiger partial charge in [-0.05, 0) is 67.6 Å². The number of aliphatic hydroxyl groups excluding tert-OH is 1. The van der Waals surface area contributed by atoms with Crippen molar-refractivity contribution in [3.05, 3.63) is 144 Å². The topological polar surface area (TPSA) is 349 Å². The fraction of sp³-hybridized carbons (Fsp3) is 0.364. The van der Waals surface area contributed by atoms with Crippen molar-refractivity contribution in [3.8, 4) is 0 Å².